The van der Waals surface area contributed by atoms with Gasteiger partial charge in [-0.1, -0.05) is 43.9 Å². The van der Waals surface area contributed by atoms with Gasteiger partial charge in [-0.05, 0) is 72.9 Å². The third-order valence-electron chi connectivity index (χ3n) is 6.29. The quantitative estimate of drug-likeness (QED) is 0.355. The van der Waals surface area contributed by atoms with Gasteiger partial charge in [0.1, 0.15) is 9.96 Å². The average molecular weight is 485 g/mol. The zero-order valence-corrected chi connectivity index (χ0v) is 20.8. The number of hydrogen-bond acceptors (Lipinski definition) is 5. The van der Waals surface area contributed by atoms with Gasteiger partial charge < -0.3 is 10.1 Å². The number of benzene rings is 2. The van der Waals surface area contributed by atoms with E-state index in [1.807, 2.05) is 54.6 Å². The monoisotopic (exact) mass is 484 g/mol. The standard InChI is InChI=1S/C26H32N2O3S2/c1-19(17-20-7-3-4-8-20)27-18-22-9-5-6-10-24(22)28-33(29,30)26-16-15-25(32-26)21-11-13-23(31-2)14-12-21/h5-6,9-16,19-20,27-28H,3-4,7-8,17-18H2,1-2H3/t19-/m0/s1. The zero-order valence-electron chi connectivity index (χ0n) is 19.2. The molecule has 1 atom stereocenters. The van der Waals surface area contributed by atoms with Crippen molar-refractivity contribution in [2.75, 3.05) is 11.8 Å². The Morgan fingerprint density at radius 3 is 2.48 bits per heavy atom. The van der Waals surface area contributed by atoms with Crippen LogP contribution in [0.2, 0.25) is 0 Å². The number of para-hydroxylation sites is 1. The Morgan fingerprint density at radius 1 is 1.03 bits per heavy atom. The molecular formula is C26H32N2O3S2. The van der Waals surface area contributed by atoms with Crippen molar-refractivity contribution in [2.45, 2.75) is 55.8 Å². The average Bonchev–Trinajstić information content (AvgIpc) is 3.51. The van der Waals surface area contributed by atoms with Crippen LogP contribution in [0.1, 0.15) is 44.6 Å². The number of hydrogen-bond donors (Lipinski definition) is 2. The highest BCUT2D eigenvalue weighted by Gasteiger charge is 2.20. The molecule has 0 amide bonds. The Morgan fingerprint density at radius 2 is 1.76 bits per heavy atom. The Kier molecular flexibility index (Phi) is 7.73. The number of sulfonamides is 1. The summed E-state index contributed by atoms with van der Waals surface area (Å²) in [5.74, 6) is 1.59. The first-order chi connectivity index (χ1) is 15.9. The minimum Gasteiger partial charge on any atom is -0.497 e. The number of ether oxygens (including phenoxy) is 1. The highest BCUT2D eigenvalue weighted by Crippen LogP contribution is 2.33. The molecular weight excluding hydrogens is 452 g/mol. The van der Waals surface area contributed by atoms with Crippen molar-refractivity contribution in [3.05, 3.63) is 66.2 Å². The summed E-state index contributed by atoms with van der Waals surface area (Å²) in [5, 5.41) is 3.58. The van der Waals surface area contributed by atoms with Crippen molar-refractivity contribution >= 4 is 27.0 Å². The summed E-state index contributed by atoms with van der Waals surface area (Å²) in [4.78, 5) is 0.897. The van der Waals surface area contributed by atoms with Gasteiger partial charge in [0.15, 0.2) is 0 Å². The van der Waals surface area contributed by atoms with E-state index >= 15 is 0 Å². The summed E-state index contributed by atoms with van der Waals surface area (Å²) < 4.78 is 34.6. The lowest BCUT2D eigenvalue weighted by Gasteiger charge is -2.19. The van der Waals surface area contributed by atoms with E-state index in [1.54, 1.807) is 13.2 Å². The molecule has 176 valence electrons. The van der Waals surface area contributed by atoms with Gasteiger partial charge in [0.05, 0.1) is 12.8 Å². The third-order valence-corrected chi connectivity index (χ3v) is 9.28. The molecule has 4 rings (SSSR count). The van der Waals surface area contributed by atoms with E-state index in [-0.39, 0.29) is 0 Å². The molecule has 2 N–H and O–H groups in total. The fourth-order valence-electron chi connectivity index (χ4n) is 4.46. The van der Waals surface area contributed by atoms with E-state index in [2.05, 4.69) is 17.0 Å². The molecule has 1 fully saturated rings. The Balaban J connectivity index is 1.43. The van der Waals surface area contributed by atoms with Crippen molar-refractivity contribution in [2.24, 2.45) is 5.92 Å². The maximum Gasteiger partial charge on any atom is 0.271 e. The smallest absolute Gasteiger partial charge is 0.271 e. The van der Waals surface area contributed by atoms with Crippen LogP contribution in [0.15, 0.2) is 64.9 Å². The molecule has 3 aromatic rings. The molecule has 33 heavy (non-hydrogen) atoms. The van der Waals surface area contributed by atoms with Gasteiger partial charge in [-0.15, -0.1) is 11.3 Å². The first-order valence-corrected chi connectivity index (χ1v) is 13.8. The predicted molar refractivity (Wildman–Crippen MR) is 136 cm³/mol. The van der Waals surface area contributed by atoms with Crippen molar-refractivity contribution in [1.82, 2.24) is 5.32 Å². The van der Waals surface area contributed by atoms with Crippen LogP contribution in [0.5, 0.6) is 5.75 Å². The maximum absolute atomic E-state index is 13.1. The van der Waals surface area contributed by atoms with Gasteiger partial charge in [0.2, 0.25) is 0 Å². The number of methoxy groups -OCH3 is 1. The second-order valence-corrected chi connectivity index (χ2v) is 11.8. The molecule has 0 radical (unpaired) electrons. The Labute approximate surface area is 201 Å². The summed E-state index contributed by atoms with van der Waals surface area (Å²) in [6.07, 6.45) is 6.55. The van der Waals surface area contributed by atoms with Crippen LogP contribution in [-0.2, 0) is 16.6 Å². The zero-order chi connectivity index (χ0) is 23.3. The molecule has 0 bridgehead atoms. The van der Waals surface area contributed by atoms with Crippen LogP contribution in [-0.4, -0.2) is 21.6 Å². The molecule has 0 aliphatic heterocycles. The molecule has 0 spiro atoms. The molecule has 5 nitrogen and oxygen atoms in total. The van der Waals surface area contributed by atoms with Crippen LogP contribution < -0.4 is 14.8 Å². The van der Waals surface area contributed by atoms with Gasteiger partial charge in [0.25, 0.3) is 10.0 Å². The second kappa shape index (κ2) is 10.7. The van der Waals surface area contributed by atoms with Gasteiger partial charge in [-0.3, -0.25) is 4.72 Å². The van der Waals surface area contributed by atoms with Crippen LogP contribution in [0, 0.1) is 5.92 Å². The minimum absolute atomic E-state index is 0.297. The molecule has 1 aliphatic carbocycles. The molecule has 0 saturated heterocycles. The van der Waals surface area contributed by atoms with E-state index in [4.69, 9.17) is 4.74 Å². The molecule has 1 heterocycles. The molecule has 1 aromatic heterocycles. The SMILES string of the molecule is COc1ccc(-c2ccc(S(=O)(=O)Nc3ccccc3CN[C@@H](C)CC3CCCC3)s2)cc1. The predicted octanol–water partition coefficient (Wildman–Crippen LogP) is 6.28. The summed E-state index contributed by atoms with van der Waals surface area (Å²) in [7, 11) is -2.05. The molecule has 1 aliphatic rings. The molecule has 0 unspecified atom stereocenters. The topological polar surface area (TPSA) is 67.4 Å². The highest BCUT2D eigenvalue weighted by molar-refractivity contribution is 7.94. The lowest BCUT2D eigenvalue weighted by atomic mass is 9.99. The van der Waals surface area contributed by atoms with Crippen molar-refractivity contribution in [1.29, 1.82) is 0 Å². The number of thiophene rings is 1. The molecule has 7 heteroatoms. The summed E-state index contributed by atoms with van der Waals surface area (Å²) in [5.41, 5.74) is 2.53. The summed E-state index contributed by atoms with van der Waals surface area (Å²) in [6.45, 7) is 2.85. The summed E-state index contributed by atoms with van der Waals surface area (Å²) in [6, 6.07) is 19.1. The lowest BCUT2D eigenvalue weighted by Crippen LogP contribution is -2.28. The molecule has 2 aromatic carbocycles. The first kappa shape index (κ1) is 23.8. The van der Waals surface area contributed by atoms with Crippen molar-refractivity contribution < 1.29 is 13.2 Å². The highest BCUT2D eigenvalue weighted by atomic mass is 32.2. The maximum atomic E-state index is 13.1. The Hall–Kier alpha value is -2.35. The number of anilines is 1. The van der Waals surface area contributed by atoms with Crippen molar-refractivity contribution in [3.63, 3.8) is 0 Å². The van der Waals surface area contributed by atoms with Crippen LogP contribution in [0.3, 0.4) is 0 Å². The summed E-state index contributed by atoms with van der Waals surface area (Å²) >= 11 is 1.26. The third kappa shape index (κ3) is 6.16. The fourth-order valence-corrected chi connectivity index (χ4v) is 6.87. The van der Waals surface area contributed by atoms with Gasteiger partial charge in [0, 0.05) is 17.5 Å². The van der Waals surface area contributed by atoms with E-state index in [0.717, 1.165) is 27.7 Å². The van der Waals surface area contributed by atoms with E-state index in [0.29, 0.717) is 22.5 Å². The van der Waals surface area contributed by atoms with E-state index in [9.17, 15) is 8.42 Å². The van der Waals surface area contributed by atoms with Gasteiger partial charge >= 0.3 is 0 Å². The normalized spacial score (nSPS) is 15.5. The van der Waals surface area contributed by atoms with Crippen LogP contribution in [0.25, 0.3) is 10.4 Å². The lowest BCUT2D eigenvalue weighted by molar-refractivity contribution is 0.404. The van der Waals surface area contributed by atoms with E-state index in [1.165, 1.54) is 43.4 Å². The van der Waals surface area contributed by atoms with Gasteiger partial charge in [-0.25, -0.2) is 8.42 Å². The first-order valence-electron chi connectivity index (χ1n) is 11.5. The minimum atomic E-state index is -3.68. The Bertz CT molecular complexity index is 1150. The van der Waals surface area contributed by atoms with Crippen LogP contribution in [0.4, 0.5) is 5.69 Å². The number of rotatable bonds is 10. The largest absolute Gasteiger partial charge is 0.497 e. The second-order valence-electron chi connectivity index (χ2n) is 8.78. The van der Waals surface area contributed by atoms with Crippen LogP contribution >= 0.6 is 11.3 Å². The van der Waals surface area contributed by atoms with Crippen molar-refractivity contribution in [3.8, 4) is 16.2 Å². The number of nitrogens with one attached hydrogen (secondary N) is 2. The fraction of sp³-hybridized carbons (Fsp3) is 0.385. The van der Waals surface area contributed by atoms with E-state index < -0.39 is 10.0 Å². The van der Waals surface area contributed by atoms with Gasteiger partial charge in [-0.2, -0.15) is 0 Å². The molecule has 1 saturated carbocycles.